The van der Waals surface area contributed by atoms with Crippen molar-refractivity contribution in [2.45, 2.75) is 64.0 Å². The van der Waals surface area contributed by atoms with Crippen LogP contribution in [0.4, 0.5) is 0 Å². The molecule has 0 aromatic rings. The number of rotatable bonds is 5. The van der Waals surface area contributed by atoms with Crippen LogP contribution >= 0.6 is 0 Å². The summed E-state index contributed by atoms with van der Waals surface area (Å²) in [5.41, 5.74) is -0.442. The molecular weight excluding hydrogens is 252 g/mol. The van der Waals surface area contributed by atoms with Gasteiger partial charge >= 0.3 is 5.97 Å². The highest BCUT2D eigenvalue weighted by molar-refractivity contribution is 5.81. The Balaban J connectivity index is 1.92. The van der Waals surface area contributed by atoms with E-state index in [4.69, 9.17) is 4.74 Å². The highest BCUT2D eigenvalue weighted by Crippen LogP contribution is 2.36. The summed E-state index contributed by atoms with van der Waals surface area (Å²) in [5.74, 6) is 0.847. The summed E-state index contributed by atoms with van der Waals surface area (Å²) in [6.45, 7) is 7.04. The molecule has 1 heterocycles. The van der Waals surface area contributed by atoms with E-state index in [2.05, 4.69) is 17.1 Å². The molecule has 0 aromatic carbocycles. The van der Waals surface area contributed by atoms with Crippen molar-refractivity contribution >= 4 is 5.97 Å². The third kappa shape index (κ3) is 3.17. The Kier molecular flexibility index (Phi) is 5.44. The molecule has 4 nitrogen and oxygen atoms in total. The lowest BCUT2D eigenvalue weighted by Crippen LogP contribution is -2.51. The van der Waals surface area contributed by atoms with Crippen LogP contribution in [-0.4, -0.2) is 49.2 Å². The van der Waals surface area contributed by atoms with Gasteiger partial charge in [-0.2, -0.15) is 0 Å². The average molecular weight is 282 g/mol. The fourth-order valence-electron chi connectivity index (χ4n) is 3.84. The largest absolute Gasteiger partial charge is 0.465 e. The van der Waals surface area contributed by atoms with Crippen LogP contribution in [0.3, 0.4) is 0 Å². The number of carbonyl (C=O) groups excluding carboxylic acids is 1. The summed E-state index contributed by atoms with van der Waals surface area (Å²) >= 11 is 0. The van der Waals surface area contributed by atoms with Crippen LogP contribution in [0.5, 0.6) is 0 Å². The van der Waals surface area contributed by atoms with E-state index >= 15 is 0 Å². The molecule has 0 radical (unpaired) electrons. The van der Waals surface area contributed by atoms with Crippen LogP contribution in [0, 0.1) is 5.92 Å². The maximum Gasteiger partial charge on any atom is 0.326 e. The van der Waals surface area contributed by atoms with Gasteiger partial charge in [-0.25, -0.2) is 0 Å². The SMILES string of the molecule is CCOC(=O)C1(NC)CCC(N2CCC(CC)CC2)C1. The number of piperidine rings is 1. The van der Waals surface area contributed by atoms with Crippen molar-refractivity contribution in [1.29, 1.82) is 0 Å². The average Bonchev–Trinajstić information content (AvgIpc) is 2.93. The summed E-state index contributed by atoms with van der Waals surface area (Å²) in [6.07, 6.45) is 6.86. The van der Waals surface area contributed by atoms with E-state index in [1.807, 2.05) is 14.0 Å². The van der Waals surface area contributed by atoms with Gasteiger partial charge in [-0.1, -0.05) is 13.3 Å². The molecule has 20 heavy (non-hydrogen) atoms. The second kappa shape index (κ2) is 6.90. The van der Waals surface area contributed by atoms with Gasteiger partial charge in [0.2, 0.25) is 0 Å². The van der Waals surface area contributed by atoms with Crippen LogP contribution in [-0.2, 0) is 9.53 Å². The van der Waals surface area contributed by atoms with E-state index in [1.165, 1.54) is 32.4 Å². The lowest BCUT2D eigenvalue weighted by Gasteiger charge is -2.36. The standard InChI is InChI=1S/C16H30N2O2/c1-4-13-7-10-18(11-8-13)14-6-9-16(12-14,17-3)15(19)20-5-2/h13-14,17H,4-12H2,1-3H3. The molecule has 1 saturated heterocycles. The van der Waals surface area contributed by atoms with Crippen molar-refractivity contribution < 1.29 is 9.53 Å². The quantitative estimate of drug-likeness (QED) is 0.785. The Morgan fingerprint density at radius 3 is 2.55 bits per heavy atom. The predicted octanol–water partition coefficient (Wildman–Crippen LogP) is 2.18. The third-order valence-corrected chi connectivity index (χ3v) is 5.38. The third-order valence-electron chi connectivity index (χ3n) is 5.38. The van der Waals surface area contributed by atoms with Gasteiger partial charge in [-0.3, -0.25) is 4.79 Å². The first-order chi connectivity index (χ1) is 9.65. The molecule has 0 bridgehead atoms. The van der Waals surface area contributed by atoms with Gasteiger partial charge in [0.1, 0.15) is 5.54 Å². The second-order valence-electron chi connectivity index (χ2n) is 6.34. The number of likely N-dealkylation sites (N-methyl/N-ethyl adjacent to an activating group) is 1. The van der Waals surface area contributed by atoms with E-state index in [0.717, 1.165) is 25.2 Å². The molecule has 1 saturated carbocycles. The number of nitrogens with zero attached hydrogens (tertiary/aromatic N) is 1. The van der Waals surface area contributed by atoms with Crippen LogP contribution in [0.2, 0.25) is 0 Å². The maximum absolute atomic E-state index is 12.2. The molecule has 0 spiro atoms. The smallest absolute Gasteiger partial charge is 0.326 e. The topological polar surface area (TPSA) is 41.6 Å². The van der Waals surface area contributed by atoms with E-state index in [1.54, 1.807) is 0 Å². The van der Waals surface area contributed by atoms with Crippen LogP contribution < -0.4 is 5.32 Å². The minimum atomic E-state index is -0.442. The zero-order valence-corrected chi connectivity index (χ0v) is 13.3. The van der Waals surface area contributed by atoms with Crippen molar-refractivity contribution in [2.75, 3.05) is 26.7 Å². The Morgan fingerprint density at radius 1 is 1.30 bits per heavy atom. The fraction of sp³-hybridized carbons (Fsp3) is 0.938. The van der Waals surface area contributed by atoms with Gasteiger partial charge < -0.3 is 15.0 Å². The van der Waals surface area contributed by atoms with Crippen LogP contribution in [0.25, 0.3) is 0 Å². The molecule has 1 aliphatic carbocycles. The van der Waals surface area contributed by atoms with E-state index in [9.17, 15) is 4.79 Å². The molecule has 0 aromatic heterocycles. The monoisotopic (exact) mass is 282 g/mol. The van der Waals surface area contributed by atoms with E-state index in [-0.39, 0.29) is 5.97 Å². The Morgan fingerprint density at radius 2 is 2.00 bits per heavy atom. The molecule has 2 fully saturated rings. The predicted molar refractivity (Wildman–Crippen MR) is 80.7 cm³/mol. The van der Waals surface area contributed by atoms with Crippen molar-refractivity contribution in [2.24, 2.45) is 5.92 Å². The zero-order valence-electron chi connectivity index (χ0n) is 13.3. The van der Waals surface area contributed by atoms with Crippen molar-refractivity contribution in [3.05, 3.63) is 0 Å². The first-order valence-corrected chi connectivity index (χ1v) is 8.25. The number of carbonyl (C=O) groups is 1. The lowest BCUT2D eigenvalue weighted by molar-refractivity contribution is -0.151. The van der Waals surface area contributed by atoms with Crippen LogP contribution in [0.1, 0.15) is 52.4 Å². The Hall–Kier alpha value is -0.610. The number of nitrogens with one attached hydrogen (secondary N) is 1. The number of hydrogen-bond donors (Lipinski definition) is 1. The van der Waals surface area contributed by atoms with Gasteiger partial charge in [-0.05, 0) is 65.1 Å². The first kappa shape index (κ1) is 15.8. The number of likely N-dealkylation sites (tertiary alicyclic amines) is 1. The van der Waals surface area contributed by atoms with E-state index < -0.39 is 5.54 Å². The minimum absolute atomic E-state index is 0.0616. The summed E-state index contributed by atoms with van der Waals surface area (Å²) in [5, 5.41) is 3.25. The molecule has 116 valence electrons. The summed E-state index contributed by atoms with van der Waals surface area (Å²) in [6, 6.07) is 0.546. The normalized spacial score (nSPS) is 32.5. The maximum atomic E-state index is 12.2. The minimum Gasteiger partial charge on any atom is -0.465 e. The molecule has 4 heteroatoms. The molecule has 2 aliphatic rings. The molecular formula is C16H30N2O2. The fourth-order valence-corrected chi connectivity index (χ4v) is 3.84. The number of ether oxygens (including phenoxy) is 1. The summed E-state index contributed by atoms with van der Waals surface area (Å²) in [4.78, 5) is 14.8. The van der Waals surface area contributed by atoms with Gasteiger partial charge in [0.25, 0.3) is 0 Å². The molecule has 0 amide bonds. The Labute approximate surface area is 123 Å². The first-order valence-electron chi connectivity index (χ1n) is 8.25. The van der Waals surface area contributed by atoms with Crippen molar-refractivity contribution in [1.82, 2.24) is 10.2 Å². The summed E-state index contributed by atoms with van der Waals surface area (Å²) in [7, 11) is 1.89. The highest BCUT2D eigenvalue weighted by Gasteiger charge is 2.47. The van der Waals surface area contributed by atoms with E-state index in [0.29, 0.717) is 12.6 Å². The molecule has 2 rings (SSSR count). The molecule has 2 atom stereocenters. The zero-order chi connectivity index (χ0) is 14.6. The lowest BCUT2D eigenvalue weighted by atomic mass is 9.92. The van der Waals surface area contributed by atoms with Gasteiger partial charge in [-0.15, -0.1) is 0 Å². The van der Waals surface area contributed by atoms with Crippen molar-refractivity contribution in [3.8, 4) is 0 Å². The molecule has 1 N–H and O–H groups in total. The van der Waals surface area contributed by atoms with Gasteiger partial charge in [0.05, 0.1) is 6.61 Å². The number of hydrogen-bond acceptors (Lipinski definition) is 4. The van der Waals surface area contributed by atoms with Gasteiger partial charge in [0, 0.05) is 6.04 Å². The van der Waals surface area contributed by atoms with Crippen molar-refractivity contribution in [3.63, 3.8) is 0 Å². The molecule has 1 aliphatic heterocycles. The summed E-state index contributed by atoms with van der Waals surface area (Å²) < 4.78 is 5.27. The number of esters is 1. The van der Waals surface area contributed by atoms with Gasteiger partial charge in [0.15, 0.2) is 0 Å². The molecule has 2 unspecified atom stereocenters. The second-order valence-corrected chi connectivity index (χ2v) is 6.34. The van der Waals surface area contributed by atoms with Crippen LogP contribution in [0.15, 0.2) is 0 Å². The Bertz CT molecular complexity index is 326. The highest BCUT2D eigenvalue weighted by atomic mass is 16.5.